The van der Waals surface area contributed by atoms with Gasteiger partial charge in [0.15, 0.2) is 5.58 Å². The molecule has 0 aliphatic rings. The predicted octanol–water partition coefficient (Wildman–Crippen LogP) is 2.10. The van der Waals surface area contributed by atoms with E-state index in [0.29, 0.717) is 30.9 Å². The van der Waals surface area contributed by atoms with E-state index >= 15 is 0 Å². The normalized spacial score (nSPS) is 13.4. The quantitative estimate of drug-likeness (QED) is 0.759. The molecule has 0 amide bonds. The Labute approximate surface area is 122 Å². The standard InChI is InChI=1S/C15H17N3O3/c16-9-3-6-12(15(19)20)17-10-4-8-14-18-11-5-1-2-7-13(11)21-14/h1-2,4-5,7-8,10,12H,3,6,9,16H2,(H,19,20)/b8-4+,17-10?. The lowest BCUT2D eigenvalue weighted by molar-refractivity contribution is -0.138. The zero-order valence-electron chi connectivity index (χ0n) is 11.5. The molecular weight excluding hydrogens is 270 g/mol. The summed E-state index contributed by atoms with van der Waals surface area (Å²) in [6.07, 6.45) is 5.76. The number of aromatic nitrogens is 1. The minimum absolute atomic E-state index is 0.430. The Bertz CT molecular complexity index is 628. The average molecular weight is 287 g/mol. The molecule has 0 radical (unpaired) electrons. The maximum absolute atomic E-state index is 11.0. The van der Waals surface area contributed by atoms with Crippen LogP contribution in [0.3, 0.4) is 0 Å². The zero-order valence-corrected chi connectivity index (χ0v) is 11.5. The third-order valence-electron chi connectivity index (χ3n) is 2.87. The third-order valence-corrected chi connectivity index (χ3v) is 2.87. The number of hydrogen-bond donors (Lipinski definition) is 2. The van der Waals surface area contributed by atoms with Gasteiger partial charge in [-0.2, -0.15) is 0 Å². The van der Waals surface area contributed by atoms with Gasteiger partial charge in [0.05, 0.1) is 0 Å². The van der Waals surface area contributed by atoms with Gasteiger partial charge in [-0.15, -0.1) is 0 Å². The number of hydrogen-bond acceptors (Lipinski definition) is 5. The lowest BCUT2D eigenvalue weighted by atomic mass is 10.1. The Balaban J connectivity index is 1.99. The second kappa shape index (κ2) is 7.35. The maximum Gasteiger partial charge on any atom is 0.328 e. The number of para-hydroxylation sites is 2. The van der Waals surface area contributed by atoms with Gasteiger partial charge in [0, 0.05) is 12.3 Å². The number of fused-ring (bicyclic) bond motifs is 1. The van der Waals surface area contributed by atoms with Crippen LogP contribution in [-0.4, -0.2) is 34.9 Å². The molecule has 6 heteroatoms. The van der Waals surface area contributed by atoms with E-state index in [2.05, 4.69) is 9.98 Å². The molecule has 0 saturated heterocycles. The molecule has 0 saturated carbocycles. The van der Waals surface area contributed by atoms with Gasteiger partial charge in [0.2, 0.25) is 5.89 Å². The van der Waals surface area contributed by atoms with E-state index in [4.69, 9.17) is 15.3 Å². The minimum Gasteiger partial charge on any atom is -0.480 e. The summed E-state index contributed by atoms with van der Waals surface area (Å²) in [6.45, 7) is 0.456. The first-order chi connectivity index (χ1) is 10.2. The van der Waals surface area contributed by atoms with Gasteiger partial charge in [0.1, 0.15) is 11.6 Å². The molecule has 2 aromatic rings. The number of aliphatic carboxylic acids is 1. The van der Waals surface area contributed by atoms with Crippen molar-refractivity contribution in [2.45, 2.75) is 18.9 Å². The number of carbonyl (C=O) groups is 1. The zero-order chi connectivity index (χ0) is 15.1. The van der Waals surface area contributed by atoms with Crippen molar-refractivity contribution in [3.63, 3.8) is 0 Å². The van der Waals surface area contributed by atoms with Crippen LogP contribution in [0.1, 0.15) is 18.7 Å². The number of benzene rings is 1. The van der Waals surface area contributed by atoms with Crippen LogP contribution in [0, 0.1) is 0 Å². The van der Waals surface area contributed by atoms with Gasteiger partial charge in [-0.1, -0.05) is 12.1 Å². The Morgan fingerprint density at radius 1 is 1.48 bits per heavy atom. The smallest absolute Gasteiger partial charge is 0.328 e. The number of oxazole rings is 1. The van der Waals surface area contributed by atoms with Crippen LogP contribution < -0.4 is 5.73 Å². The summed E-state index contributed by atoms with van der Waals surface area (Å²) in [7, 11) is 0. The van der Waals surface area contributed by atoms with Crippen LogP contribution in [0.25, 0.3) is 17.2 Å². The van der Waals surface area contributed by atoms with Gasteiger partial charge >= 0.3 is 5.97 Å². The van der Waals surface area contributed by atoms with Crippen LogP contribution in [0.15, 0.2) is 39.8 Å². The highest BCUT2D eigenvalue weighted by atomic mass is 16.4. The molecule has 1 atom stereocenters. The molecule has 1 aromatic heterocycles. The average Bonchev–Trinajstić information content (AvgIpc) is 2.88. The van der Waals surface area contributed by atoms with Crippen LogP contribution in [0.5, 0.6) is 0 Å². The SMILES string of the molecule is NCCCC(N=C/C=C/c1nc2ccccc2o1)C(=O)O. The maximum atomic E-state index is 11.0. The Morgan fingerprint density at radius 2 is 2.29 bits per heavy atom. The number of nitrogens with two attached hydrogens (primary N) is 1. The van der Waals surface area contributed by atoms with E-state index in [1.54, 1.807) is 12.2 Å². The summed E-state index contributed by atoms with van der Waals surface area (Å²) in [5, 5.41) is 9.00. The second-order valence-electron chi connectivity index (χ2n) is 4.46. The summed E-state index contributed by atoms with van der Waals surface area (Å²) < 4.78 is 5.49. The third kappa shape index (κ3) is 4.25. The van der Waals surface area contributed by atoms with Crippen LogP contribution in [0.2, 0.25) is 0 Å². The van der Waals surface area contributed by atoms with Gasteiger partial charge in [-0.3, -0.25) is 4.99 Å². The fourth-order valence-electron chi connectivity index (χ4n) is 1.81. The molecule has 110 valence electrons. The summed E-state index contributed by atoms with van der Waals surface area (Å²) in [6, 6.07) is 6.69. The first-order valence-corrected chi connectivity index (χ1v) is 6.69. The van der Waals surface area contributed by atoms with Crippen molar-refractivity contribution < 1.29 is 14.3 Å². The highest BCUT2D eigenvalue weighted by Gasteiger charge is 2.13. The van der Waals surface area contributed by atoms with Gasteiger partial charge < -0.3 is 15.3 Å². The molecule has 0 spiro atoms. The Hall–Kier alpha value is -2.47. The molecule has 2 rings (SSSR count). The van der Waals surface area contributed by atoms with E-state index in [9.17, 15) is 4.79 Å². The number of carboxylic acid groups (broad SMARTS) is 1. The molecule has 3 N–H and O–H groups in total. The number of aliphatic imine (C=N–C) groups is 1. The number of rotatable bonds is 7. The molecule has 0 aliphatic heterocycles. The van der Waals surface area contributed by atoms with Crippen molar-refractivity contribution in [1.82, 2.24) is 4.98 Å². The van der Waals surface area contributed by atoms with Crippen molar-refractivity contribution >= 4 is 29.4 Å². The molecule has 0 aliphatic carbocycles. The second-order valence-corrected chi connectivity index (χ2v) is 4.46. The lowest BCUT2D eigenvalue weighted by Crippen LogP contribution is -2.19. The van der Waals surface area contributed by atoms with Crippen molar-refractivity contribution in [2.24, 2.45) is 10.7 Å². The van der Waals surface area contributed by atoms with Crippen molar-refractivity contribution in [2.75, 3.05) is 6.54 Å². The van der Waals surface area contributed by atoms with Gasteiger partial charge in [0.25, 0.3) is 0 Å². The molecule has 21 heavy (non-hydrogen) atoms. The summed E-state index contributed by atoms with van der Waals surface area (Å²) in [4.78, 5) is 19.2. The number of allylic oxidation sites excluding steroid dienone is 1. The van der Waals surface area contributed by atoms with Gasteiger partial charge in [-0.05, 0) is 37.6 Å². The molecule has 0 bridgehead atoms. The van der Waals surface area contributed by atoms with E-state index in [0.717, 1.165) is 5.52 Å². The summed E-state index contributed by atoms with van der Waals surface area (Å²) in [5.41, 5.74) is 6.85. The van der Waals surface area contributed by atoms with Crippen LogP contribution in [-0.2, 0) is 4.79 Å². The van der Waals surface area contributed by atoms with E-state index in [1.807, 2.05) is 24.3 Å². The van der Waals surface area contributed by atoms with Crippen molar-refractivity contribution in [1.29, 1.82) is 0 Å². The fraction of sp³-hybridized carbons (Fsp3) is 0.267. The first kappa shape index (κ1) is 14.9. The topological polar surface area (TPSA) is 102 Å². The summed E-state index contributed by atoms with van der Waals surface area (Å²) in [5.74, 6) is -0.494. The molecule has 1 unspecified atom stereocenters. The van der Waals surface area contributed by atoms with E-state index in [1.165, 1.54) is 6.21 Å². The molecule has 1 heterocycles. The van der Waals surface area contributed by atoms with Crippen LogP contribution >= 0.6 is 0 Å². The Morgan fingerprint density at radius 3 is 3.00 bits per heavy atom. The lowest BCUT2D eigenvalue weighted by Gasteiger charge is -2.04. The van der Waals surface area contributed by atoms with E-state index < -0.39 is 12.0 Å². The highest BCUT2D eigenvalue weighted by molar-refractivity contribution is 5.82. The highest BCUT2D eigenvalue weighted by Crippen LogP contribution is 2.15. The number of nitrogens with zero attached hydrogens (tertiary/aromatic N) is 2. The Kier molecular flexibility index (Phi) is 5.22. The van der Waals surface area contributed by atoms with Gasteiger partial charge in [-0.25, -0.2) is 9.78 Å². The monoisotopic (exact) mass is 287 g/mol. The van der Waals surface area contributed by atoms with Crippen molar-refractivity contribution in [3.8, 4) is 0 Å². The molecule has 0 fully saturated rings. The molecule has 6 nitrogen and oxygen atoms in total. The largest absolute Gasteiger partial charge is 0.480 e. The van der Waals surface area contributed by atoms with E-state index in [-0.39, 0.29) is 0 Å². The van der Waals surface area contributed by atoms with Crippen LogP contribution in [0.4, 0.5) is 0 Å². The summed E-state index contributed by atoms with van der Waals surface area (Å²) >= 11 is 0. The molecular formula is C15H17N3O3. The fourth-order valence-corrected chi connectivity index (χ4v) is 1.81. The first-order valence-electron chi connectivity index (χ1n) is 6.69. The number of carboxylic acids is 1. The van der Waals surface area contributed by atoms with Crippen molar-refractivity contribution in [3.05, 3.63) is 36.2 Å². The predicted molar refractivity (Wildman–Crippen MR) is 81.2 cm³/mol. The molecule has 1 aromatic carbocycles. The minimum atomic E-state index is -0.949.